The number of halogens is 1. The molecule has 4 nitrogen and oxygen atoms in total. The van der Waals surface area contributed by atoms with Gasteiger partial charge in [0.1, 0.15) is 16.9 Å². The maximum atomic E-state index is 13.7. The van der Waals surface area contributed by atoms with Crippen molar-refractivity contribution in [1.82, 2.24) is 14.1 Å². The van der Waals surface area contributed by atoms with E-state index in [1.807, 2.05) is 60.9 Å². The van der Waals surface area contributed by atoms with Crippen LogP contribution in [0.25, 0.3) is 21.9 Å². The van der Waals surface area contributed by atoms with Crippen molar-refractivity contribution in [3.63, 3.8) is 0 Å². The molecule has 1 atom stereocenters. The van der Waals surface area contributed by atoms with Crippen LogP contribution < -0.4 is 5.56 Å². The van der Waals surface area contributed by atoms with E-state index in [-0.39, 0.29) is 17.4 Å². The van der Waals surface area contributed by atoms with Gasteiger partial charge in [-0.2, -0.15) is 0 Å². The Labute approximate surface area is 179 Å². The van der Waals surface area contributed by atoms with Crippen LogP contribution in [0.4, 0.5) is 4.39 Å². The highest BCUT2D eigenvalue weighted by Gasteiger charge is 2.19. The molecule has 0 radical (unpaired) electrons. The summed E-state index contributed by atoms with van der Waals surface area (Å²) in [4.78, 5) is 18.4. The van der Waals surface area contributed by atoms with Gasteiger partial charge in [0.25, 0.3) is 5.56 Å². The van der Waals surface area contributed by atoms with Gasteiger partial charge in [0.05, 0.1) is 17.9 Å². The molecule has 0 unspecified atom stereocenters. The van der Waals surface area contributed by atoms with Crippen LogP contribution in [-0.2, 0) is 6.54 Å². The summed E-state index contributed by atoms with van der Waals surface area (Å²) in [5.74, 6) is -0.276. The van der Waals surface area contributed by atoms with E-state index in [1.165, 1.54) is 12.1 Å². The third kappa shape index (κ3) is 3.32. The van der Waals surface area contributed by atoms with Gasteiger partial charge in [0, 0.05) is 11.9 Å². The number of benzene rings is 3. The zero-order valence-corrected chi connectivity index (χ0v) is 17.4. The molecule has 0 fully saturated rings. The predicted molar refractivity (Wildman–Crippen MR) is 122 cm³/mol. The Morgan fingerprint density at radius 2 is 1.74 bits per heavy atom. The minimum absolute atomic E-state index is 0.0858. The van der Waals surface area contributed by atoms with Crippen molar-refractivity contribution < 1.29 is 4.39 Å². The van der Waals surface area contributed by atoms with Crippen LogP contribution in [-0.4, -0.2) is 14.1 Å². The summed E-state index contributed by atoms with van der Waals surface area (Å²) in [6.07, 6.45) is 1.65. The normalized spacial score (nSPS) is 12.5. The smallest absolute Gasteiger partial charge is 0.278 e. The van der Waals surface area contributed by atoms with Crippen LogP contribution in [0.2, 0.25) is 0 Å². The molecule has 3 aromatic carbocycles. The number of hydrogen-bond acceptors (Lipinski definition) is 2. The largest absolute Gasteiger partial charge is 0.330 e. The van der Waals surface area contributed by atoms with E-state index in [0.717, 1.165) is 27.6 Å². The van der Waals surface area contributed by atoms with Crippen LogP contribution in [0, 0.1) is 12.7 Å². The molecule has 2 aromatic heterocycles. The molecule has 5 aromatic rings. The first kappa shape index (κ1) is 19.2. The molecule has 0 N–H and O–H groups in total. The predicted octanol–water partition coefficient (Wildman–Crippen LogP) is 5.46. The van der Waals surface area contributed by atoms with Gasteiger partial charge >= 0.3 is 0 Å². The Morgan fingerprint density at radius 3 is 2.48 bits per heavy atom. The maximum absolute atomic E-state index is 13.7. The minimum atomic E-state index is -0.276. The second-order valence-corrected chi connectivity index (χ2v) is 7.97. The highest BCUT2D eigenvalue weighted by molar-refractivity contribution is 6.05. The van der Waals surface area contributed by atoms with Gasteiger partial charge in [-0.3, -0.25) is 9.36 Å². The van der Waals surface area contributed by atoms with Gasteiger partial charge in [0.2, 0.25) is 0 Å². The molecular weight excluding hydrogens is 389 g/mol. The van der Waals surface area contributed by atoms with Crippen LogP contribution in [0.3, 0.4) is 0 Å². The van der Waals surface area contributed by atoms with Crippen molar-refractivity contribution in [2.75, 3.05) is 0 Å². The van der Waals surface area contributed by atoms with Gasteiger partial charge in [-0.05, 0) is 49.2 Å². The molecule has 0 amide bonds. The Balaban J connectivity index is 1.76. The highest BCUT2D eigenvalue weighted by atomic mass is 19.1. The van der Waals surface area contributed by atoms with Gasteiger partial charge in [-0.1, -0.05) is 54.1 Å². The van der Waals surface area contributed by atoms with Crippen molar-refractivity contribution in [1.29, 1.82) is 0 Å². The third-order valence-electron chi connectivity index (χ3n) is 5.89. The quantitative estimate of drug-likeness (QED) is 0.394. The van der Waals surface area contributed by atoms with Gasteiger partial charge in [-0.15, -0.1) is 0 Å². The van der Waals surface area contributed by atoms with Crippen molar-refractivity contribution in [2.45, 2.75) is 26.4 Å². The molecule has 154 valence electrons. The van der Waals surface area contributed by atoms with E-state index in [9.17, 15) is 9.18 Å². The zero-order valence-electron chi connectivity index (χ0n) is 17.4. The molecule has 0 aliphatic heterocycles. The van der Waals surface area contributed by atoms with Gasteiger partial charge in [0.15, 0.2) is 0 Å². The molecule has 31 heavy (non-hydrogen) atoms. The average Bonchev–Trinajstić information content (AvgIpc) is 3.09. The second kappa shape index (κ2) is 7.51. The van der Waals surface area contributed by atoms with Crippen LogP contribution in [0.5, 0.6) is 0 Å². The summed E-state index contributed by atoms with van der Waals surface area (Å²) in [5.41, 5.74) is 5.20. The lowest BCUT2D eigenvalue weighted by molar-refractivity contribution is 0.606. The number of rotatable bonds is 4. The maximum Gasteiger partial charge on any atom is 0.278 e. The standard InChI is InChI=1S/C26H22FN3O/c1-17-8-13-23-22(14-17)24-25(29(23)15-19-9-11-21(27)12-10-19)26(31)30(16-28-24)18(2)20-6-4-3-5-7-20/h3-14,16,18H,15H2,1-2H3/t18-/m0/s1. The fraction of sp³-hybridized carbons (Fsp3) is 0.154. The average molecular weight is 411 g/mol. The number of hydrogen-bond donors (Lipinski definition) is 0. The fourth-order valence-corrected chi connectivity index (χ4v) is 4.20. The molecule has 0 aliphatic carbocycles. The minimum Gasteiger partial charge on any atom is -0.330 e. The molecule has 0 spiro atoms. The van der Waals surface area contributed by atoms with E-state index < -0.39 is 0 Å². The Hall–Kier alpha value is -3.73. The molecule has 0 aliphatic rings. The first-order valence-electron chi connectivity index (χ1n) is 10.3. The first-order valence-corrected chi connectivity index (χ1v) is 10.3. The summed E-state index contributed by atoms with van der Waals surface area (Å²) in [6.45, 7) is 4.49. The first-order chi connectivity index (χ1) is 15.0. The van der Waals surface area contributed by atoms with Crippen molar-refractivity contribution in [2.24, 2.45) is 0 Å². The highest BCUT2D eigenvalue weighted by Crippen LogP contribution is 2.28. The third-order valence-corrected chi connectivity index (χ3v) is 5.89. The lowest BCUT2D eigenvalue weighted by Crippen LogP contribution is -2.26. The van der Waals surface area contributed by atoms with Crippen LogP contribution >= 0.6 is 0 Å². The number of fused-ring (bicyclic) bond motifs is 3. The SMILES string of the molecule is Cc1ccc2c(c1)c1ncn([C@@H](C)c3ccccc3)c(=O)c1n2Cc1ccc(F)cc1. The number of aromatic nitrogens is 3. The van der Waals surface area contributed by atoms with Crippen LogP contribution in [0.15, 0.2) is 83.9 Å². The summed E-state index contributed by atoms with van der Waals surface area (Å²) in [6, 6.07) is 22.3. The summed E-state index contributed by atoms with van der Waals surface area (Å²) in [7, 11) is 0. The summed E-state index contributed by atoms with van der Waals surface area (Å²) in [5, 5.41) is 0.953. The monoisotopic (exact) mass is 411 g/mol. The number of aryl methyl sites for hydroxylation is 1. The van der Waals surface area contributed by atoms with E-state index in [1.54, 1.807) is 23.0 Å². The van der Waals surface area contributed by atoms with Crippen LogP contribution in [0.1, 0.15) is 29.7 Å². The molecule has 5 rings (SSSR count). The fourth-order valence-electron chi connectivity index (χ4n) is 4.20. The lowest BCUT2D eigenvalue weighted by Gasteiger charge is -2.16. The molecule has 2 heterocycles. The van der Waals surface area contributed by atoms with Crippen molar-refractivity contribution in [3.05, 3.63) is 112 Å². The molecule has 5 heteroatoms. The van der Waals surface area contributed by atoms with Crippen molar-refractivity contribution >= 4 is 21.9 Å². The van der Waals surface area contributed by atoms with Gasteiger partial charge < -0.3 is 4.57 Å². The molecule has 0 saturated heterocycles. The van der Waals surface area contributed by atoms with E-state index in [0.29, 0.717) is 17.6 Å². The molecule has 0 bridgehead atoms. The Morgan fingerprint density at radius 1 is 1.00 bits per heavy atom. The summed E-state index contributed by atoms with van der Waals surface area (Å²) < 4.78 is 17.1. The van der Waals surface area contributed by atoms with Crippen molar-refractivity contribution in [3.8, 4) is 0 Å². The van der Waals surface area contributed by atoms with E-state index >= 15 is 0 Å². The molecule has 0 saturated carbocycles. The second-order valence-electron chi connectivity index (χ2n) is 7.97. The van der Waals surface area contributed by atoms with Gasteiger partial charge in [-0.25, -0.2) is 9.37 Å². The van der Waals surface area contributed by atoms with E-state index in [4.69, 9.17) is 4.98 Å². The topological polar surface area (TPSA) is 39.8 Å². The zero-order chi connectivity index (χ0) is 21.5. The summed E-state index contributed by atoms with van der Waals surface area (Å²) >= 11 is 0. The Kier molecular flexibility index (Phi) is 4.66. The van der Waals surface area contributed by atoms with E-state index in [2.05, 4.69) is 6.07 Å². The Bertz CT molecular complexity index is 1450. The number of nitrogens with zero attached hydrogens (tertiary/aromatic N) is 3. The molecular formula is C26H22FN3O. The lowest BCUT2D eigenvalue weighted by atomic mass is 10.1.